The lowest BCUT2D eigenvalue weighted by Crippen LogP contribution is -2.29. The third kappa shape index (κ3) is 3.05. The summed E-state index contributed by atoms with van der Waals surface area (Å²) in [5, 5.41) is 0. The molecule has 6 heteroatoms. The van der Waals surface area contributed by atoms with E-state index in [1.807, 2.05) is 0 Å². The Bertz CT molecular complexity index is 692. The smallest absolute Gasteiger partial charge is 0.336 e. The Morgan fingerprint density at radius 2 is 2.24 bits per heavy atom. The van der Waals surface area contributed by atoms with Crippen molar-refractivity contribution >= 4 is 23.4 Å². The monoisotopic (exact) mass is 303 g/mol. The number of hydrogen-bond acceptors (Lipinski definition) is 6. The summed E-state index contributed by atoms with van der Waals surface area (Å²) in [6, 6.07) is 5.19. The van der Waals surface area contributed by atoms with Crippen molar-refractivity contribution in [1.29, 1.82) is 0 Å². The van der Waals surface area contributed by atoms with Gasteiger partial charge in [0.05, 0.1) is 5.51 Å². The summed E-state index contributed by atoms with van der Waals surface area (Å²) in [7, 11) is 0. The average molecular weight is 303 g/mol. The highest BCUT2D eigenvalue weighted by Gasteiger charge is 2.34. The molecule has 0 saturated heterocycles. The van der Waals surface area contributed by atoms with Gasteiger partial charge in [0, 0.05) is 31.0 Å². The molecule has 1 aliphatic heterocycles. The Hall–Kier alpha value is -2.34. The molecule has 3 rings (SSSR count). The molecule has 1 aliphatic rings. The van der Waals surface area contributed by atoms with Crippen LogP contribution >= 0.6 is 11.3 Å². The van der Waals surface area contributed by atoms with Crippen LogP contribution in [0, 0.1) is 0 Å². The summed E-state index contributed by atoms with van der Waals surface area (Å²) in [4.78, 5) is 16.7. The first-order valence-electron chi connectivity index (χ1n) is 6.33. The molecule has 0 aliphatic carbocycles. The van der Waals surface area contributed by atoms with Gasteiger partial charge in [-0.1, -0.05) is 6.07 Å². The van der Waals surface area contributed by atoms with Gasteiger partial charge in [0.1, 0.15) is 0 Å². The number of fused-ring (bicyclic) bond motifs is 1. The predicted octanol–water partition coefficient (Wildman–Crippen LogP) is 3.27. The van der Waals surface area contributed by atoms with E-state index in [0.717, 1.165) is 4.88 Å². The zero-order chi connectivity index (χ0) is 14.9. The van der Waals surface area contributed by atoms with E-state index in [0.29, 0.717) is 17.2 Å². The van der Waals surface area contributed by atoms with Gasteiger partial charge in [-0.15, -0.1) is 11.3 Å². The minimum atomic E-state index is -0.761. The molecule has 0 bridgehead atoms. The summed E-state index contributed by atoms with van der Waals surface area (Å²) < 4.78 is 16.5. The fourth-order valence-corrected chi connectivity index (χ4v) is 2.40. The van der Waals surface area contributed by atoms with Gasteiger partial charge in [0.25, 0.3) is 0 Å². The topological polar surface area (TPSA) is 57.7 Å². The molecule has 1 aromatic heterocycles. The maximum absolute atomic E-state index is 11.8. The number of nitrogens with zero attached hydrogens (tertiary/aromatic N) is 1. The fraction of sp³-hybridized carbons (Fsp3) is 0.200. The van der Waals surface area contributed by atoms with Crippen molar-refractivity contribution in [2.75, 3.05) is 0 Å². The first-order chi connectivity index (χ1) is 10.0. The normalized spacial score (nSPS) is 15.3. The second-order valence-corrected chi connectivity index (χ2v) is 5.76. The van der Waals surface area contributed by atoms with Crippen LogP contribution in [0.2, 0.25) is 0 Å². The quantitative estimate of drug-likeness (QED) is 0.495. The van der Waals surface area contributed by atoms with Gasteiger partial charge in [0.15, 0.2) is 11.5 Å². The Morgan fingerprint density at radius 1 is 1.38 bits per heavy atom. The second kappa shape index (κ2) is 5.21. The number of carbonyl (C=O) groups is 1. The molecule has 0 atom stereocenters. The lowest BCUT2D eigenvalue weighted by molar-refractivity contribution is -0.129. The van der Waals surface area contributed by atoms with Crippen molar-refractivity contribution in [2.45, 2.75) is 19.6 Å². The predicted molar refractivity (Wildman–Crippen MR) is 78.6 cm³/mol. The molecule has 0 fully saturated rings. The summed E-state index contributed by atoms with van der Waals surface area (Å²) in [6.45, 7) is 3.59. The van der Waals surface area contributed by atoms with Crippen LogP contribution in [-0.4, -0.2) is 16.7 Å². The highest BCUT2D eigenvalue weighted by molar-refractivity contribution is 7.10. The van der Waals surface area contributed by atoms with E-state index < -0.39 is 11.8 Å². The molecule has 0 saturated carbocycles. The van der Waals surface area contributed by atoms with Gasteiger partial charge in [0.2, 0.25) is 11.5 Å². The first-order valence-corrected chi connectivity index (χ1v) is 7.21. The van der Waals surface area contributed by atoms with Crippen LogP contribution in [0.3, 0.4) is 0 Å². The lowest BCUT2D eigenvalue weighted by atomic mass is 10.3. The fourth-order valence-electron chi connectivity index (χ4n) is 1.89. The Balaban J connectivity index is 1.75. The van der Waals surface area contributed by atoms with Crippen LogP contribution in [-0.2, 0) is 4.79 Å². The summed E-state index contributed by atoms with van der Waals surface area (Å²) in [5.41, 5.74) is 1.70. The van der Waals surface area contributed by atoms with Crippen LogP contribution in [0.4, 0.5) is 0 Å². The van der Waals surface area contributed by atoms with Crippen LogP contribution < -0.4 is 14.2 Å². The van der Waals surface area contributed by atoms with E-state index in [9.17, 15) is 4.79 Å². The molecule has 0 spiro atoms. The van der Waals surface area contributed by atoms with Crippen molar-refractivity contribution in [3.05, 3.63) is 40.9 Å². The molecule has 5 nitrogen and oxygen atoms in total. The zero-order valence-electron chi connectivity index (χ0n) is 11.5. The maximum atomic E-state index is 11.8. The van der Waals surface area contributed by atoms with Gasteiger partial charge in [-0.3, -0.25) is 4.98 Å². The molecular weight excluding hydrogens is 290 g/mol. The molecule has 21 heavy (non-hydrogen) atoms. The number of thiazole rings is 1. The number of ether oxygens (including phenoxy) is 3. The number of aromatic nitrogens is 1. The summed E-state index contributed by atoms with van der Waals surface area (Å²) in [6.07, 6.45) is 4.69. The molecule has 0 radical (unpaired) electrons. The highest BCUT2D eigenvalue weighted by Crippen LogP contribution is 2.45. The van der Waals surface area contributed by atoms with Crippen LogP contribution in [0.1, 0.15) is 18.7 Å². The van der Waals surface area contributed by atoms with Crippen molar-refractivity contribution in [1.82, 2.24) is 4.98 Å². The average Bonchev–Trinajstić information content (AvgIpc) is 3.02. The molecule has 2 heterocycles. The number of benzene rings is 1. The molecule has 2 aromatic rings. The largest absolute Gasteiger partial charge is 0.449 e. The third-order valence-corrected chi connectivity index (χ3v) is 3.43. The van der Waals surface area contributed by atoms with Gasteiger partial charge in [-0.05, 0) is 18.2 Å². The van der Waals surface area contributed by atoms with Gasteiger partial charge < -0.3 is 14.2 Å². The minimum Gasteiger partial charge on any atom is -0.449 e. The van der Waals surface area contributed by atoms with Crippen molar-refractivity contribution < 1.29 is 19.0 Å². The van der Waals surface area contributed by atoms with E-state index in [4.69, 9.17) is 14.2 Å². The van der Waals surface area contributed by atoms with Crippen molar-refractivity contribution in [3.63, 3.8) is 0 Å². The van der Waals surface area contributed by atoms with E-state index in [1.165, 1.54) is 17.4 Å². The van der Waals surface area contributed by atoms with E-state index in [2.05, 4.69) is 4.98 Å². The Morgan fingerprint density at radius 3 is 3.00 bits per heavy atom. The number of hydrogen-bond donors (Lipinski definition) is 0. The number of para-hydroxylation sites is 1. The molecule has 0 N–H and O–H groups in total. The van der Waals surface area contributed by atoms with Crippen LogP contribution in [0.5, 0.6) is 17.2 Å². The third-order valence-electron chi connectivity index (χ3n) is 2.69. The second-order valence-electron chi connectivity index (χ2n) is 4.85. The van der Waals surface area contributed by atoms with Crippen LogP contribution in [0.15, 0.2) is 36.0 Å². The molecule has 0 amide bonds. The molecule has 1 aromatic carbocycles. The molecule has 0 unspecified atom stereocenters. The summed E-state index contributed by atoms with van der Waals surface area (Å²) in [5.74, 6) is 0.115. The molecule has 108 valence electrons. The minimum absolute atomic E-state index is 0.344. The first kappa shape index (κ1) is 13.6. The van der Waals surface area contributed by atoms with Gasteiger partial charge in [-0.25, -0.2) is 4.79 Å². The lowest BCUT2D eigenvalue weighted by Gasteiger charge is -2.16. The zero-order valence-corrected chi connectivity index (χ0v) is 12.3. The maximum Gasteiger partial charge on any atom is 0.336 e. The van der Waals surface area contributed by atoms with Crippen molar-refractivity contribution in [3.8, 4) is 17.2 Å². The summed E-state index contributed by atoms with van der Waals surface area (Å²) >= 11 is 1.44. The van der Waals surface area contributed by atoms with E-state index in [1.54, 1.807) is 49.8 Å². The van der Waals surface area contributed by atoms with Gasteiger partial charge in [-0.2, -0.15) is 0 Å². The van der Waals surface area contributed by atoms with Gasteiger partial charge >= 0.3 is 5.97 Å². The SMILES string of the molecule is CC1(C)Oc2cccc(OC(=O)/C=C/c3cncs3)c2O1. The number of esters is 1. The van der Waals surface area contributed by atoms with E-state index in [-0.39, 0.29) is 0 Å². The standard InChI is InChI=1S/C15H13NO4S/c1-15(2)19-12-5-3-4-11(14(12)20-15)18-13(17)7-6-10-8-16-9-21-10/h3-9H,1-2H3/b7-6+. The number of carbonyl (C=O) groups excluding carboxylic acids is 1. The van der Waals surface area contributed by atoms with Crippen LogP contribution in [0.25, 0.3) is 6.08 Å². The van der Waals surface area contributed by atoms with Crippen molar-refractivity contribution in [2.24, 2.45) is 0 Å². The van der Waals surface area contributed by atoms with E-state index >= 15 is 0 Å². The molecular formula is C15H13NO4S. The Labute approximate surface area is 125 Å². The number of rotatable bonds is 3. The Kier molecular flexibility index (Phi) is 3.39. The highest BCUT2D eigenvalue weighted by atomic mass is 32.1.